The molecule has 0 saturated carbocycles. The fraction of sp³-hybridized carbons (Fsp3) is 0.348. The van der Waals surface area contributed by atoms with Crippen molar-refractivity contribution in [2.45, 2.75) is 29.6 Å². The molecule has 7 nitrogen and oxygen atoms in total. The molecular weight excluding hydrogens is 414 g/mol. The minimum atomic E-state index is -0.208. The van der Waals surface area contributed by atoms with E-state index < -0.39 is 0 Å². The average Bonchev–Trinajstić information content (AvgIpc) is 2.89. The van der Waals surface area contributed by atoms with Crippen molar-refractivity contribution in [1.82, 2.24) is 4.90 Å². The van der Waals surface area contributed by atoms with Crippen molar-refractivity contribution in [1.29, 1.82) is 0 Å². The number of piperidine rings is 1. The van der Waals surface area contributed by atoms with Crippen molar-refractivity contribution in [2.24, 2.45) is 5.92 Å². The summed E-state index contributed by atoms with van der Waals surface area (Å²) in [6.45, 7) is 3.18. The fourth-order valence-corrected chi connectivity index (χ4v) is 4.95. The van der Waals surface area contributed by atoms with E-state index in [9.17, 15) is 14.4 Å². The molecule has 4 rings (SSSR count). The van der Waals surface area contributed by atoms with Gasteiger partial charge in [-0.3, -0.25) is 9.59 Å². The Kier molecular flexibility index (Phi) is 6.18. The number of hydrogen-bond donors (Lipinski definition) is 1. The second-order valence-electron chi connectivity index (χ2n) is 7.59. The Hall–Kier alpha value is -3.00. The number of anilines is 2. The van der Waals surface area contributed by atoms with E-state index in [1.54, 1.807) is 35.5 Å². The van der Waals surface area contributed by atoms with Gasteiger partial charge in [0.1, 0.15) is 0 Å². The van der Waals surface area contributed by atoms with Gasteiger partial charge in [-0.25, -0.2) is 4.79 Å². The highest BCUT2D eigenvalue weighted by molar-refractivity contribution is 7.99. The van der Waals surface area contributed by atoms with Gasteiger partial charge in [0.05, 0.1) is 23.8 Å². The van der Waals surface area contributed by atoms with Crippen molar-refractivity contribution in [3.05, 3.63) is 48.0 Å². The maximum Gasteiger partial charge on any atom is 0.321 e. The molecule has 1 saturated heterocycles. The molecule has 0 atom stereocenters. The van der Waals surface area contributed by atoms with Crippen molar-refractivity contribution in [2.75, 3.05) is 37.0 Å². The number of esters is 1. The molecule has 0 aliphatic carbocycles. The highest BCUT2D eigenvalue weighted by atomic mass is 32.2. The van der Waals surface area contributed by atoms with Crippen LogP contribution in [0.15, 0.2) is 52.3 Å². The first kappa shape index (κ1) is 21.2. The first-order chi connectivity index (χ1) is 15.0. The van der Waals surface area contributed by atoms with Crippen LogP contribution >= 0.6 is 11.8 Å². The lowest BCUT2D eigenvalue weighted by molar-refractivity contribution is -0.149. The Labute approximate surface area is 185 Å². The van der Waals surface area contributed by atoms with Gasteiger partial charge in [-0.2, -0.15) is 0 Å². The van der Waals surface area contributed by atoms with Gasteiger partial charge >= 0.3 is 12.0 Å². The van der Waals surface area contributed by atoms with E-state index >= 15 is 0 Å². The van der Waals surface area contributed by atoms with Crippen molar-refractivity contribution < 1.29 is 19.1 Å². The van der Waals surface area contributed by atoms with Crippen LogP contribution in [0, 0.1) is 5.92 Å². The van der Waals surface area contributed by atoms with E-state index in [0.29, 0.717) is 43.8 Å². The summed E-state index contributed by atoms with van der Waals surface area (Å²) in [6, 6.07) is 12.9. The van der Waals surface area contributed by atoms with Crippen LogP contribution in [0.1, 0.15) is 30.1 Å². The highest BCUT2D eigenvalue weighted by Crippen LogP contribution is 2.41. The quantitative estimate of drug-likeness (QED) is 0.724. The number of hydrogen-bond acceptors (Lipinski definition) is 5. The number of nitrogens with one attached hydrogen (secondary N) is 1. The van der Waals surface area contributed by atoms with E-state index in [0.717, 1.165) is 15.5 Å². The minimum Gasteiger partial charge on any atom is -0.466 e. The predicted molar refractivity (Wildman–Crippen MR) is 120 cm³/mol. The second kappa shape index (κ2) is 9.01. The Morgan fingerprint density at radius 2 is 1.87 bits per heavy atom. The minimum absolute atomic E-state index is 0.0774. The van der Waals surface area contributed by atoms with Gasteiger partial charge in [-0.1, -0.05) is 23.9 Å². The Morgan fingerprint density at radius 1 is 1.13 bits per heavy atom. The fourth-order valence-electron chi connectivity index (χ4n) is 3.87. The molecule has 1 fully saturated rings. The number of carbonyl (C=O) groups excluding carboxylic acids is 3. The van der Waals surface area contributed by atoms with Gasteiger partial charge in [0.15, 0.2) is 0 Å². The normalized spacial score (nSPS) is 16.3. The standard InChI is InChI=1S/C23H25N3O4S/c1-3-30-22(28)15-10-12-26(13-11-15)23(29)24-16-8-9-20-18(14-16)25(2)21(27)17-6-4-5-7-19(17)31-20/h4-9,14-15H,3,10-13H2,1-2H3,(H,24,29). The van der Waals surface area contributed by atoms with Crippen LogP contribution in [0.25, 0.3) is 0 Å². The van der Waals surface area contributed by atoms with Crippen LogP contribution < -0.4 is 10.2 Å². The van der Waals surface area contributed by atoms with Crippen LogP contribution in [0.3, 0.4) is 0 Å². The maximum atomic E-state index is 12.9. The molecule has 0 unspecified atom stereocenters. The average molecular weight is 440 g/mol. The van der Waals surface area contributed by atoms with Crippen molar-refractivity contribution in [3.63, 3.8) is 0 Å². The number of fused-ring (bicyclic) bond motifs is 2. The summed E-state index contributed by atoms with van der Waals surface area (Å²) in [7, 11) is 1.75. The molecule has 8 heteroatoms. The number of nitrogens with zero attached hydrogens (tertiary/aromatic N) is 2. The number of benzene rings is 2. The Bertz CT molecular complexity index is 1020. The molecule has 3 amide bonds. The summed E-state index contributed by atoms with van der Waals surface area (Å²) >= 11 is 1.54. The molecule has 0 aromatic heterocycles. The molecule has 2 aliphatic heterocycles. The Morgan fingerprint density at radius 3 is 2.61 bits per heavy atom. The summed E-state index contributed by atoms with van der Waals surface area (Å²) in [6.07, 6.45) is 1.20. The number of carbonyl (C=O) groups is 3. The third-order valence-corrected chi connectivity index (χ3v) is 6.76. The monoisotopic (exact) mass is 439 g/mol. The van der Waals surface area contributed by atoms with Crippen LogP contribution in [0.4, 0.5) is 16.2 Å². The highest BCUT2D eigenvalue weighted by Gasteiger charge is 2.29. The van der Waals surface area contributed by atoms with E-state index in [-0.39, 0.29) is 23.8 Å². The summed E-state index contributed by atoms with van der Waals surface area (Å²) in [5.74, 6) is -0.402. The summed E-state index contributed by atoms with van der Waals surface area (Å²) in [5.41, 5.74) is 2.05. The number of amides is 3. The molecule has 2 aromatic carbocycles. The SMILES string of the molecule is CCOC(=O)C1CCN(C(=O)Nc2ccc3c(c2)N(C)C(=O)c2ccccc2S3)CC1. The summed E-state index contributed by atoms with van der Waals surface area (Å²) in [4.78, 5) is 42.7. The zero-order chi connectivity index (χ0) is 22.0. The number of urea groups is 1. The van der Waals surface area contributed by atoms with Gasteiger partial charge in [0, 0.05) is 35.6 Å². The van der Waals surface area contributed by atoms with Crippen LogP contribution in [-0.2, 0) is 9.53 Å². The lowest BCUT2D eigenvalue weighted by atomic mass is 9.97. The van der Waals surface area contributed by atoms with E-state index in [2.05, 4.69) is 5.32 Å². The van der Waals surface area contributed by atoms with Gasteiger partial charge in [-0.15, -0.1) is 0 Å². The molecular formula is C23H25N3O4S. The van der Waals surface area contributed by atoms with Crippen LogP contribution in [-0.4, -0.2) is 49.6 Å². The van der Waals surface area contributed by atoms with E-state index in [1.807, 2.05) is 42.5 Å². The van der Waals surface area contributed by atoms with Gasteiger partial charge in [0.2, 0.25) is 0 Å². The zero-order valence-corrected chi connectivity index (χ0v) is 18.4. The summed E-state index contributed by atoms with van der Waals surface area (Å²) < 4.78 is 5.09. The predicted octanol–water partition coefficient (Wildman–Crippen LogP) is 4.23. The molecule has 2 aromatic rings. The van der Waals surface area contributed by atoms with Gasteiger partial charge < -0.3 is 19.9 Å². The molecule has 0 spiro atoms. The Balaban J connectivity index is 1.45. The van der Waals surface area contributed by atoms with Crippen molar-refractivity contribution in [3.8, 4) is 0 Å². The van der Waals surface area contributed by atoms with E-state index in [1.165, 1.54) is 0 Å². The molecule has 162 valence electrons. The third-order valence-electron chi connectivity index (χ3n) is 5.62. The lowest BCUT2D eigenvalue weighted by Crippen LogP contribution is -2.42. The van der Waals surface area contributed by atoms with Crippen LogP contribution in [0.2, 0.25) is 0 Å². The van der Waals surface area contributed by atoms with E-state index in [4.69, 9.17) is 4.74 Å². The largest absolute Gasteiger partial charge is 0.466 e. The molecule has 2 aliphatic rings. The number of ether oxygens (including phenoxy) is 1. The van der Waals surface area contributed by atoms with Gasteiger partial charge in [0.25, 0.3) is 5.91 Å². The van der Waals surface area contributed by atoms with Crippen LogP contribution in [0.5, 0.6) is 0 Å². The molecule has 0 bridgehead atoms. The molecule has 31 heavy (non-hydrogen) atoms. The number of rotatable bonds is 3. The van der Waals surface area contributed by atoms with Crippen molar-refractivity contribution >= 4 is 41.0 Å². The van der Waals surface area contributed by atoms with Gasteiger partial charge in [-0.05, 0) is 50.1 Å². The summed E-state index contributed by atoms with van der Waals surface area (Å²) in [5, 5.41) is 2.93. The zero-order valence-electron chi connectivity index (χ0n) is 17.6. The maximum absolute atomic E-state index is 12.9. The molecule has 0 radical (unpaired) electrons. The third kappa shape index (κ3) is 4.39. The second-order valence-corrected chi connectivity index (χ2v) is 8.67. The molecule has 2 heterocycles. The molecule has 1 N–H and O–H groups in total. The smallest absolute Gasteiger partial charge is 0.321 e. The lowest BCUT2D eigenvalue weighted by Gasteiger charge is -2.31. The first-order valence-electron chi connectivity index (χ1n) is 10.4. The topological polar surface area (TPSA) is 79.0 Å². The number of likely N-dealkylation sites (tertiary alicyclic amines) is 1. The first-order valence-corrected chi connectivity index (χ1v) is 11.2.